The number of nitriles is 1. The molecule has 0 amide bonds. The molecule has 0 aliphatic carbocycles. The lowest BCUT2D eigenvalue weighted by molar-refractivity contribution is 0.747. The number of nitrogens with one attached hydrogen (secondary N) is 1. The van der Waals surface area contributed by atoms with Crippen molar-refractivity contribution in [3.63, 3.8) is 0 Å². The molecule has 1 heterocycles. The number of anilines is 1. The van der Waals surface area contributed by atoms with E-state index in [9.17, 15) is 0 Å². The fraction of sp³-hybridized carbons (Fsp3) is 0.231. The van der Waals surface area contributed by atoms with Gasteiger partial charge in [0.2, 0.25) is 0 Å². The fourth-order valence-corrected chi connectivity index (χ4v) is 1.73. The van der Waals surface area contributed by atoms with Crippen LogP contribution in [0.2, 0.25) is 0 Å². The first-order chi connectivity index (χ1) is 8.20. The second-order valence-electron chi connectivity index (χ2n) is 3.94. The molecule has 4 nitrogen and oxygen atoms in total. The SMILES string of the molecule is Cc1cccc(C#N)c1NCc1ccn(C)n1. The Morgan fingerprint density at radius 1 is 1.41 bits per heavy atom. The molecule has 0 unspecified atom stereocenters. The maximum Gasteiger partial charge on any atom is 0.101 e. The van der Waals surface area contributed by atoms with Gasteiger partial charge in [0.15, 0.2) is 0 Å². The van der Waals surface area contributed by atoms with Crippen molar-refractivity contribution in [1.29, 1.82) is 5.26 Å². The lowest BCUT2D eigenvalue weighted by Gasteiger charge is -2.09. The quantitative estimate of drug-likeness (QED) is 0.873. The van der Waals surface area contributed by atoms with Gasteiger partial charge >= 0.3 is 0 Å². The Morgan fingerprint density at radius 2 is 2.24 bits per heavy atom. The molecule has 0 saturated carbocycles. The van der Waals surface area contributed by atoms with E-state index in [2.05, 4.69) is 16.5 Å². The van der Waals surface area contributed by atoms with Crippen molar-refractivity contribution in [2.45, 2.75) is 13.5 Å². The number of para-hydroxylation sites is 1. The van der Waals surface area contributed by atoms with Crippen molar-refractivity contribution in [2.75, 3.05) is 5.32 Å². The molecule has 1 aromatic carbocycles. The highest BCUT2D eigenvalue weighted by atomic mass is 15.3. The summed E-state index contributed by atoms with van der Waals surface area (Å²) in [6.07, 6.45) is 1.90. The summed E-state index contributed by atoms with van der Waals surface area (Å²) in [5, 5.41) is 16.6. The molecule has 1 N–H and O–H groups in total. The van der Waals surface area contributed by atoms with E-state index in [-0.39, 0.29) is 0 Å². The van der Waals surface area contributed by atoms with Crippen LogP contribution in [0.25, 0.3) is 0 Å². The van der Waals surface area contributed by atoms with Crippen molar-refractivity contribution in [1.82, 2.24) is 9.78 Å². The molecule has 0 fully saturated rings. The lowest BCUT2D eigenvalue weighted by Crippen LogP contribution is -2.04. The summed E-state index contributed by atoms with van der Waals surface area (Å²) in [4.78, 5) is 0. The minimum absolute atomic E-state index is 0.625. The normalized spacial score (nSPS) is 9.94. The van der Waals surface area contributed by atoms with E-state index in [0.717, 1.165) is 16.9 Å². The van der Waals surface area contributed by atoms with E-state index >= 15 is 0 Å². The molecule has 0 aliphatic rings. The molecule has 2 rings (SSSR count). The maximum absolute atomic E-state index is 9.03. The van der Waals surface area contributed by atoms with Gasteiger partial charge in [-0.25, -0.2) is 0 Å². The Kier molecular flexibility index (Phi) is 3.10. The molecule has 4 heteroatoms. The average molecular weight is 226 g/mol. The highest BCUT2D eigenvalue weighted by Crippen LogP contribution is 2.20. The van der Waals surface area contributed by atoms with Crippen LogP contribution >= 0.6 is 0 Å². The Morgan fingerprint density at radius 3 is 2.88 bits per heavy atom. The molecule has 0 aliphatic heterocycles. The van der Waals surface area contributed by atoms with Gasteiger partial charge in [-0.1, -0.05) is 12.1 Å². The number of hydrogen-bond acceptors (Lipinski definition) is 3. The van der Waals surface area contributed by atoms with Crippen molar-refractivity contribution in [2.24, 2.45) is 7.05 Å². The zero-order valence-corrected chi connectivity index (χ0v) is 9.94. The third-order valence-corrected chi connectivity index (χ3v) is 2.61. The van der Waals surface area contributed by atoms with Crippen LogP contribution in [0, 0.1) is 18.3 Å². The number of hydrogen-bond donors (Lipinski definition) is 1. The van der Waals surface area contributed by atoms with Crippen LogP contribution in [0.3, 0.4) is 0 Å². The number of aromatic nitrogens is 2. The van der Waals surface area contributed by atoms with Crippen molar-refractivity contribution in [3.8, 4) is 6.07 Å². The topological polar surface area (TPSA) is 53.6 Å². The summed E-state index contributed by atoms with van der Waals surface area (Å²) >= 11 is 0. The monoisotopic (exact) mass is 226 g/mol. The van der Waals surface area contributed by atoms with Gasteiger partial charge < -0.3 is 5.32 Å². The first kappa shape index (κ1) is 11.2. The Balaban J connectivity index is 2.17. The van der Waals surface area contributed by atoms with E-state index in [1.807, 2.05) is 44.4 Å². The standard InChI is InChI=1S/C13H14N4/c1-10-4-3-5-11(8-14)13(10)15-9-12-6-7-17(2)16-12/h3-7,15H,9H2,1-2H3. The Bertz CT molecular complexity index is 563. The molecule has 0 atom stereocenters. The first-order valence-corrected chi connectivity index (χ1v) is 5.43. The van der Waals surface area contributed by atoms with Gasteiger partial charge in [0.05, 0.1) is 23.5 Å². The summed E-state index contributed by atoms with van der Waals surface area (Å²) in [5.74, 6) is 0. The second kappa shape index (κ2) is 4.71. The molecular formula is C13H14N4. The van der Waals surface area contributed by atoms with E-state index < -0.39 is 0 Å². The van der Waals surface area contributed by atoms with E-state index in [1.54, 1.807) is 4.68 Å². The number of nitrogens with zero attached hydrogens (tertiary/aromatic N) is 3. The van der Waals surface area contributed by atoms with Crippen molar-refractivity contribution >= 4 is 5.69 Å². The highest BCUT2D eigenvalue weighted by molar-refractivity contribution is 5.62. The van der Waals surface area contributed by atoms with E-state index in [1.165, 1.54) is 0 Å². The average Bonchev–Trinajstić information content (AvgIpc) is 2.73. The minimum atomic E-state index is 0.625. The van der Waals surface area contributed by atoms with Crippen molar-refractivity contribution < 1.29 is 0 Å². The zero-order valence-electron chi connectivity index (χ0n) is 9.94. The number of benzene rings is 1. The second-order valence-corrected chi connectivity index (χ2v) is 3.94. The van der Waals surface area contributed by atoms with E-state index in [4.69, 9.17) is 5.26 Å². The van der Waals surface area contributed by atoms with Crippen LogP contribution in [0.1, 0.15) is 16.8 Å². The van der Waals surface area contributed by atoms with Gasteiger partial charge in [0.1, 0.15) is 6.07 Å². The smallest absolute Gasteiger partial charge is 0.101 e. The largest absolute Gasteiger partial charge is 0.378 e. The molecule has 2 aromatic rings. The van der Waals surface area contributed by atoms with Gasteiger partial charge in [-0.05, 0) is 24.6 Å². The van der Waals surface area contributed by atoms with Gasteiger partial charge in [-0.3, -0.25) is 4.68 Å². The molecule has 0 radical (unpaired) electrons. The molecule has 0 bridgehead atoms. The molecular weight excluding hydrogens is 212 g/mol. The van der Waals surface area contributed by atoms with Gasteiger partial charge in [0, 0.05) is 13.2 Å². The number of aryl methyl sites for hydroxylation is 2. The van der Waals surface area contributed by atoms with Crippen LogP contribution in [0.5, 0.6) is 0 Å². The van der Waals surface area contributed by atoms with Crippen LogP contribution in [0.15, 0.2) is 30.5 Å². The number of rotatable bonds is 3. The first-order valence-electron chi connectivity index (χ1n) is 5.43. The summed E-state index contributed by atoms with van der Waals surface area (Å²) in [6, 6.07) is 9.84. The Hall–Kier alpha value is -2.28. The van der Waals surface area contributed by atoms with Crippen LogP contribution in [-0.4, -0.2) is 9.78 Å². The molecule has 0 saturated heterocycles. The summed E-state index contributed by atoms with van der Waals surface area (Å²) in [6.45, 7) is 2.61. The van der Waals surface area contributed by atoms with Gasteiger partial charge in [-0.15, -0.1) is 0 Å². The van der Waals surface area contributed by atoms with Crippen LogP contribution in [-0.2, 0) is 13.6 Å². The van der Waals surface area contributed by atoms with Gasteiger partial charge in [0.25, 0.3) is 0 Å². The minimum Gasteiger partial charge on any atom is -0.378 e. The zero-order chi connectivity index (χ0) is 12.3. The molecule has 0 spiro atoms. The third-order valence-electron chi connectivity index (χ3n) is 2.61. The van der Waals surface area contributed by atoms with Crippen LogP contribution in [0.4, 0.5) is 5.69 Å². The Labute approximate surface area is 100 Å². The maximum atomic E-state index is 9.03. The summed E-state index contributed by atoms with van der Waals surface area (Å²) in [7, 11) is 1.89. The molecule has 1 aromatic heterocycles. The predicted octanol–water partition coefficient (Wildman–Crippen LogP) is 2.21. The van der Waals surface area contributed by atoms with Crippen molar-refractivity contribution in [3.05, 3.63) is 47.3 Å². The lowest BCUT2D eigenvalue weighted by atomic mass is 10.1. The fourth-order valence-electron chi connectivity index (χ4n) is 1.73. The predicted molar refractivity (Wildman–Crippen MR) is 66.4 cm³/mol. The highest BCUT2D eigenvalue weighted by Gasteiger charge is 2.05. The van der Waals surface area contributed by atoms with E-state index in [0.29, 0.717) is 12.1 Å². The summed E-state index contributed by atoms with van der Waals surface area (Å²) in [5.41, 5.74) is 3.58. The third kappa shape index (κ3) is 2.45. The molecule has 86 valence electrons. The van der Waals surface area contributed by atoms with Gasteiger partial charge in [-0.2, -0.15) is 10.4 Å². The molecule has 17 heavy (non-hydrogen) atoms. The van der Waals surface area contributed by atoms with Crippen LogP contribution < -0.4 is 5.32 Å². The summed E-state index contributed by atoms with van der Waals surface area (Å²) < 4.78 is 1.76.